The molecule has 2 aromatic rings. The third-order valence-corrected chi connectivity index (χ3v) is 4.41. The molecule has 3 rings (SSSR count). The summed E-state index contributed by atoms with van der Waals surface area (Å²) in [6, 6.07) is 5.90. The average molecular weight is 331 g/mol. The highest BCUT2D eigenvalue weighted by molar-refractivity contribution is 6.29. The van der Waals surface area contributed by atoms with E-state index in [1.165, 1.54) is 16.7 Å². The van der Waals surface area contributed by atoms with Crippen molar-refractivity contribution in [2.75, 3.05) is 0 Å². The lowest BCUT2D eigenvalue weighted by Crippen LogP contribution is -2.43. The molecule has 1 aliphatic heterocycles. The number of benzene rings is 1. The molecule has 0 spiro atoms. The monoisotopic (exact) mass is 330 g/mol. The quantitative estimate of drug-likeness (QED) is 0.740. The van der Waals surface area contributed by atoms with E-state index in [0.29, 0.717) is 28.3 Å². The molecular formula is C18H16ClFN2O. The van der Waals surface area contributed by atoms with Crippen LogP contribution in [0.4, 0.5) is 4.39 Å². The van der Waals surface area contributed by atoms with Gasteiger partial charge in [0, 0.05) is 11.3 Å². The van der Waals surface area contributed by atoms with E-state index in [1.807, 2.05) is 19.9 Å². The summed E-state index contributed by atoms with van der Waals surface area (Å²) in [6.45, 7) is 5.55. The van der Waals surface area contributed by atoms with Crippen molar-refractivity contribution >= 4 is 17.7 Å². The first-order valence-corrected chi connectivity index (χ1v) is 7.69. The number of hydrogen-bond acceptors (Lipinski definition) is 2. The van der Waals surface area contributed by atoms with Crippen molar-refractivity contribution in [3.8, 4) is 5.69 Å². The van der Waals surface area contributed by atoms with Crippen molar-refractivity contribution < 1.29 is 4.39 Å². The highest BCUT2D eigenvalue weighted by Crippen LogP contribution is 2.16. The Kier molecular flexibility index (Phi) is 3.94. The average Bonchev–Trinajstić information content (AvgIpc) is 2.61. The Hall–Kier alpha value is -2.20. The number of aromatic nitrogens is 1. The van der Waals surface area contributed by atoms with Gasteiger partial charge in [0.1, 0.15) is 16.5 Å². The minimum atomic E-state index is -0.338. The number of pyridine rings is 1. The second-order valence-corrected chi connectivity index (χ2v) is 6.12. The van der Waals surface area contributed by atoms with Crippen LogP contribution in [0, 0.1) is 19.7 Å². The summed E-state index contributed by atoms with van der Waals surface area (Å²) in [4.78, 5) is 17.1. The van der Waals surface area contributed by atoms with E-state index < -0.39 is 0 Å². The van der Waals surface area contributed by atoms with E-state index in [9.17, 15) is 9.18 Å². The van der Waals surface area contributed by atoms with Crippen LogP contribution < -0.4 is 16.3 Å². The van der Waals surface area contributed by atoms with Gasteiger partial charge in [0.15, 0.2) is 0 Å². The first-order valence-electron chi connectivity index (χ1n) is 7.32. The van der Waals surface area contributed by atoms with Crippen molar-refractivity contribution in [2.24, 2.45) is 4.99 Å². The molecule has 1 aromatic carbocycles. The molecule has 5 heteroatoms. The van der Waals surface area contributed by atoms with E-state index in [0.717, 1.165) is 16.4 Å². The summed E-state index contributed by atoms with van der Waals surface area (Å²) < 4.78 is 14.9. The van der Waals surface area contributed by atoms with Crippen LogP contribution in [-0.4, -0.2) is 4.57 Å². The Morgan fingerprint density at radius 2 is 1.91 bits per heavy atom. The minimum Gasteiger partial charge on any atom is -0.269 e. The van der Waals surface area contributed by atoms with Gasteiger partial charge in [0.2, 0.25) is 0 Å². The summed E-state index contributed by atoms with van der Waals surface area (Å²) in [5.74, 6) is -0.338. The lowest BCUT2D eigenvalue weighted by molar-refractivity contribution is 0.625. The maximum absolute atomic E-state index is 13.4. The summed E-state index contributed by atoms with van der Waals surface area (Å²) >= 11 is 6.25. The van der Waals surface area contributed by atoms with E-state index in [1.54, 1.807) is 19.1 Å². The predicted molar refractivity (Wildman–Crippen MR) is 89.9 cm³/mol. The van der Waals surface area contributed by atoms with Gasteiger partial charge in [-0.2, -0.15) is 0 Å². The molecule has 0 saturated heterocycles. The zero-order chi connectivity index (χ0) is 16.7. The fraction of sp³-hybridized carbons (Fsp3) is 0.222. The van der Waals surface area contributed by atoms with E-state index in [4.69, 9.17) is 11.6 Å². The molecule has 0 amide bonds. The Morgan fingerprint density at radius 3 is 2.61 bits per heavy atom. The number of allylic oxidation sites excluding steroid dienone is 1. The predicted octanol–water partition coefficient (Wildman–Crippen LogP) is 2.87. The maximum atomic E-state index is 13.4. The third-order valence-electron chi connectivity index (χ3n) is 4.01. The van der Waals surface area contributed by atoms with Gasteiger partial charge in [-0.1, -0.05) is 17.7 Å². The van der Waals surface area contributed by atoms with E-state index in [2.05, 4.69) is 4.99 Å². The van der Waals surface area contributed by atoms with Crippen LogP contribution in [0.25, 0.3) is 11.8 Å². The zero-order valence-corrected chi connectivity index (χ0v) is 13.9. The Bertz CT molecular complexity index is 1020. The van der Waals surface area contributed by atoms with Crippen LogP contribution in [0.5, 0.6) is 0 Å². The van der Waals surface area contributed by atoms with Gasteiger partial charge < -0.3 is 0 Å². The van der Waals surface area contributed by atoms with Crippen LogP contribution in [0.2, 0.25) is 0 Å². The molecule has 1 aliphatic rings. The smallest absolute Gasteiger partial charge is 0.257 e. The van der Waals surface area contributed by atoms with Gasteiger partial charge in [-0.05, 0) is 62.1 Å². The van der Waals surface area contributed by atoms with Crippen LogP contribution in [0.1, 0.15) is 24.5 Å². The SMILES string of the molecule is CC1=C(Cl)N=c2c(c(C)cc(=O)n2-c2ccc(F)cc2C)=CC1. The second kappa shape index (κ2) is 5.78. The number of nitrogens with zero attached hydrogens (tertiary/aromatic N) is 2. The summed E-state index contributed by atoms with van der Waals surface area (Å²) in [5, 5.41) is 1.27. The minimum absolute atomic E-state index is 0.211. The van der Waals surface area contributed by atoms with Gasteiger partial charge in [-0.25, -0.2) is 9.38 Å². The summed E-state index contributed by atoms with van der Waals surface area (Å²) in [6.07, 6.45) is 2.70. The number of rotatable bonds is 1. The highest BCUT2D eigenvalue weighted by Gasteiger charge is 2.12. The molecule has 118 valence electrons. The molecule has 1 aromatic heterocycles. The fourth-order valence-corrected chi connectivity index (χ4v) is 2.88. The Labute approximate surface area is 138 Å². The molecule has 23 heavy (non-hydrogen) atoms. The van der Waals surface area contributed by atoms with Crippen LogP contribution >= 0.6 is 11.6 Å². The van der Waals surface area contributed by atoms with Crippen LogP contribution in [-0.2, 0) is 0 Å². The largest absolute Gasteiger partial charge is 0.269 e. The normalized spacial score (nSPS) is 14.0. The van der Waals surface area contributed by atoms with Gasteiger partial charge in [0.25, 0.3) is 5.56 Å². The Morgan fingerprint density at radius 1 is 1.17 bits per heavy atom. The first-order chi connectivity index (χ1) is 10.9. The molecule has 0 radical (unpaired) electrons. The first kappa shape index (κ1) is 15.7. The molecule has 3 nitrogen and oxygen atoms in total. The molecule has 0 bridgehead atoms. The lowest BCUT2D eigenvalue weighted by atomic mass is 10.1. The van der Waals surface area contributed by atoms with Crippen molar-refractivity contribution in [1.82, 2.24) is 4.57 Å². The molecule has 0 aliphatic carbocycles. The fourth-order valence-electron chi connectivity index (χ4n) is 2.72. The molecule has 0 saturated carbocycles. The standard InChI is InChI=1S/C18H16ClFN2O/c1-10-4-6-14-11(2)9-16(23)22(18(14)21-17(10)19)15-7-5-13(20)8-12(15)3/h5-9H,4H2,1-3H3. The summed E-state index contributed by atoms with van der Waals surface area (Å²) in [5.41, 5.74) is 3.34. The summed E-state index contributed by atoms with van der Waals surface area (Å²) in [7, 11) is 0. The van der Waals surface area contributed by atoms with Gasteiger partial charge in [0.05, 0.1) is 5.69 Å². The molecule has 2 heterocycles. The topological polar surface area (TPSA) is 34.4 Å². The van der Waals surface area contributed by atoms with Crippen molar-refractivity contribution in [3.63, 3.8) is 0 Å². The Balaban J connectivity index is 2.50. The molecule has 0 fully saturated rings. The van der Waals surface area contributed by atoms with Crippen LogP contribution in [0.15, 0.2) is 44.8 Å². The van der Waals surface area contributed by atoms with E-state index >= 15 is 0 Å². The molecule has 0 unspecified atom stereocenters. The highest BCUT2D eigenvalue weighted by atomic mass is 35.5. The second-order valence-electron chi connectivity index (χ2n) is 5.76. The zero-order valence-electron chi connectivity index (χ0n) is 13.2. The van der Waals surface area contributed by atoms with E-state index in [-0.39, 0.29) is 11.4 Å². The van der Waals surface area contributed by atoms with Gasteiger partial charge >= 0.3 is 0 Å². The molecule has 0 N–H and O–H groups in total. The van der Waals surface area contributed by atoms with Crippen molar-refractivity contribution in [2.45, 2.75) is 27.2 Å². The molecular weight excluding hydrogens is 315 g/mol. The van der Waals surface area contributed by atoms with Crippen molar-refractivity contribution in [1.29, 1.82) is 0 Å². The lowest BCUT2D eigenvalue weighted by Gasteiger charge is -2.11. The third kappa shape index (κ3) is 2.75. The van der Waals surface area contributed by atoms with Crippen molar-refractivity contribution in [3.05, 3.63) is 73.0 Å². The van der Waals surface area contributed by atoms with Gasteiger partial charge in [-0.3, -0.25) is 9.36 Å². The number of fused-ring (bicyclic) bond motifs is 1. The maximum Gasteiger partial charge on any atom is 0.257 e. The number of aryl methyl sites for hydroxylation is 2. The number of hydrogen-bond donors (Lipinski definition) is 0. The van der Waals surface area contributed by atoms with Crippen LogP contribution in [0.3, 0.4) is 0 Å². The van der Waals surface area contributed by atoms with Gasteiger partial charge in [-0.15, -0.1) is 0 Å². The number of halogens is 2. The molecule has 0 atom stereocenters.